The van der Waals surface area contributed by atoms with Crippen LogP contribution in [0.2, 0.25) is 0 Å². The van der Waals surface area contributed by atoms with Gasteiger partial charge in [-0.3, -0.25) is 0 Å². The average Bonchev–Trinajstić information content (AvgIpc) is 1.61. The zero-order valence-corrected chi connectivity index (χ0v) is 9.10. The second-order valence-electron chi connectivity index (χ2n) is 1.86. The van der Waals surface area contributed by atoms with Crippen LogP contribution >= 0.6 is 0 Å². The molecule has 0 aromatic carbocycles. The molecule has 0 aliphatic heterocycles. The van der Waals surface area contributed by atoms with E-state index in [1.165, 1.54) is 0 Å². The van der Waals surface area contributed by atoms with Crippen molar-refractivity contribution < 1.29 is 56.5 Å². The van der Waals surface area contributed by atoms with Gasteiger partial charge in [0.05, 0.1) is 0 Å². The van der Waals surface area contributed by atoms with Crippen LogP contribution in [-0.4, -0.2) is 32.1 Å². The monoisotopic (exact) mass is 141 g/mol. The molecule has 0 N–H and O–H groups in total. The Morgan fingerprint density at radius 2 is 1.88 bits per heavy atom. The van der Waals surface area contributed by atoms with Crippen molar-refractivity contribution in [3.05, 3.63) is 0 Å². The second-order valence-corrected chi connectivity index (χ2v) is 1.86. The minimum absolute atomic E-state index is 0. The first kappa shape index (κ1) is 12.3. The minimum Gasteiger partial charge on any atom is -0.854 e. The summed E-state index contributed by atoms with van der Waals surface area (Å²) in [5, 5.41) is 9.81. The Morgan fingerprint density at radius 1 is 1.38 bits per heavy atom. The summed E-state index contributed by atoms with van der Waals surface area (Å²) in [6.07, 6.45) is 0.771. The van der Waals surface area contributed by atoms with Crippen molar-refractivity contribution in [2.45, 2.75) is 6.42 Å². The van der Waals surface area contributed by atoms with Gasteiger partial charge < -0.3 is 10.0 Å². The van der Waals surface area contributed by atoms with Crippen molar-refractivity contribution >= 4 is 0 Å². The molecule has 0 bridgehead atoms. The van der Waals surface area contributed by atoms with E-state index in [4.69, 9.17) is 0 Å². The van der Waals surface area contributed by atoms with E-state index < -0.39 is 0 Å². The third-order valence-electron chi connectivity index (χ3n) is 0.750. The SMILES string of the molecule is CN(C)CCC[O-].[K+]. The van der Waals surface area contributed by atoms with Gasteiger partial charge in [-0.15, -0.1) is 6.61 Å². The van der Waals surface area contributed by atoms with Gasteiger partial charge in [-0.1, -0.05) is 6.42 Å². The van der Waals surface area contributed by atoms with E-state index >= 15 is 0 Å². The standard InChI is InChI=1S/C5H12NO.K/c1-6(2)4-3-5-7;/h3-5H2,1-2H3;/q-1;+1. The minimum atomic E-state index is 0. The fourth-order valence-electron chi connectivity index (χ4n) is 0.381. The zero-order chi connectivity index (χ0) is 5.70. The van der Waals surface area contributed by atoms with Crippen LogP contribution in [-0.2, 0) is 0 Å². The largest absolute Gasteiger partial charge is 1.00 e. The summed E-state index contributed by atoms with van der Waals surface area (Å²) in [6, 6.07) is 0. The number of hydrogen-bond acceptors (Lipinski definition) is 2. The summed E-state index contributed by atoms with van der Waals surface area (Å²) < 4.78 is 0. The molecule has 8 heavy (non-hydrogen) atoms. The fourth-order valence-corrected chi connectivity index (χ4v) is 0.381. The molecule has 0 heterocycles. The molecule has 0 saturated carbocycles. The van der Waals surface area contributed by atoms with Gasteiger partial charge in [0, 0.05) is 0 Å². The summed E-state index contributed by atoms with van der Waals surface area (Å²) in [5.74, 6) is 0. The molecule has 0 radical (unpaired) electrons. The molecular formula is C5H12KNO. The zero-order valence-electron chi connectivity index (χ0n) is 5.98. The van der Waals surface area contributed by atoms with Crippen LogP contribution in [0, 0.1) is 0 Å². The van der Waals surface area contributed by atoms with Crippen molar-refractivity contribution in [1.29, 1.82) is 0 Å². The van der Waals surface area contributed by atoms with Gasteiger partial charge in [0.15, 0.2) is 0 Å². The number of nitrogens with zero attached hydrogens (tertiary/aromatic N) is 1. The molecule has 0 spiro atoms. The summed E-state index contributed by atoms with van der Waals surface area (Å²) >= 11 is 0. The molecule has 0 aromatic heterocycles. The maximum atomic E-state index is 9.81. The Kier molecular flexibility index (Phi) is 13.1. The first-order valence-electron chi connectivity index (χ1n) is 2.50. The number of hydrogen-bond donors (Lipinski definition) is 0. The molecule has 0 aliphatic rings. The van der Waals surface area contributed by atoms with E-state index in [1.54, 1.807) is 0 Å². The quantitative estimate of drug-likeness (QED) is 0.378. The Morgan fingerprint density at radius 3 is 2.00 bits per heavy atom. The van der Waals surface area contributed by atoms with Crippen molar-refractivity contribution in [3.63, 3.8) is 0 Å². The summed E-state index contributed by atoms with van der Waals surface area (Å²) in [4.78, 5) is 2.01. The molecule has 0 unspecified atom stereocenters. The van der Waals surface area contributed by atoms with Gasteiger partial charge in [-0.05, 0) is 20.6 Å². The smallest absolute Gasteiger partial charge is 0.854 e. The van der Waals surface area contributed by atoms with E-state index in [1.807, 2.05) is 19.0 Å². The van der Waals surface area contributed by atoms with Gasteiger partial charge in [-0.2, -0.15) is 0 Å². The van der Waals surface area contributed by atoms with Gasteiger partial charge in [0.2, 0.25) is 0 Å². The Hall–Kier alpha value is 1.56. The molecule has 0 aromatic rings. The van der Waals surface area contributed by atoms with Crippen LogP contribution in [0.25, 0.3) is 0 Å². The Labute approximate surface area is 93.7 Å². The Bertz CT molecular complexity index is 41.4. The molecule has 44 valence electrons. The molecule has 0 saturated heterocycles. The topological polar surface area (TPSA) is 26.3 Å². The van der Waals surface area contributed by atoms with Gasteiger partial charge in [-0.25, -0.2) is 0 Å². The molecule has 0 rings (SSSR count). The predicted molar refractivity (Wildman–Crippen MR) is 28.0 cm³/mol. The third kappa shape index (κ3) is 10.5. The van der Waals surface area contributed by atoms with E-state index in [0.29, 0.717) is 0 Å². The maximum absolute atomic E-state index is 9.81. The van der Waals surface area contributed by atoms with Crippen LogP contribution in [0.3, 0.4) is 0 Å². The van der Waals surface area contributed by atoms with E-state index in [0.717, 1.165) is 13.0 Å². The van der Waals surface area contributed by atoms with E-state index in [-0.39, 0.29) is 58.0 Å². The van der Waals surface area contributed by atoms with Gasteiger partial charge >= 0.3 is 51.4 Å². The van der Waals surface area contributed by atoms with Crippen LogP contribution < -0.4 is 56.5 Å². The number of rotatable bonds is 3. The van der Waals surface area contributed by atoms with Crippen molar-refractivity contribution in [3.8, 4) is 0 Å². The fraction of sp³-hybridized carbons (Fsp3) is 1.00. The normalized spacial score (nSPS) is 9.00. The molecule has 0 atom stereocenters. The second kappa shape index (κ2) is 8.56. The summed E-state index contributed by atoms with van der Waals surface area (Å²) in [7, 11) is 3.94. The molecule has 3 heteroatoms. The van der Waals surface area contributed by atoms with Crippen molar-refractivity contribution in [1.82, 2.24) is 4.90 Å². The summed E-state index contributed by atoms with van der Waals surface area (Å²) in [5.41, 5.74) is 0. The van der Waals surface area contributed by atoms with Crippen LogP contribution in [0.1, 0.15) is 6.42 Å². The average molecular weight is 141 g/mol. The maximum Gasteiger partial charge on any atom is 1.00 e. The van der Waals surface area contributed by atoms with E-state index in [2.05, 4.69) is 0 Å². The van der Waals surface area contributed by atoms with Crippen LogP contribution in [0.15, 0.2) is 0 Å². The van der Waals surface area contributed by atoms with Gasteiger partial charge in [0.25, 0.3) is 0 Å². The molecule has 2 nitrogen and oxygen atoms in total. The molecule has 0 aliphatic carbocycles. The van der Waals surface area contributed by atoms with Gasteiger partial charge in [0.1, 0.15) is 0 Å². The van der Waals surface area contributed by atoms with Crippen molar-refractivity contribution in [2.24, 2.45) is 0 Å². The molecule has 0 amide bonds. The molecule has 0 fully saturated rings. The third-order valence-corrected chi connectivity index (χ3v) is 0.750. The first-order valence-corrected chi connectivity index (χ1v) is 2.50. The van der Waals surface area contributed by atoms with Crippen molar-refractivity contribution in [2.75, 3.05) is 27.2 Å². The van der Waals surface area contributed by atoms with E-state index in [9.17, 15) is 5.11 Å². The van der Waals surface area contributed by atoms with Crippen LogP contribution in [0.4, 0.5) is 0 Å². The van der Waals surface area contributed by atoms with Crippen LogP contribution in [0.5, 0.6) is 0 Å². The summed E-state index contributed by atoms with van der Waals surface area (Å²) in [6.45, 7) is 0.974. The molecular weight excluding hydrogens is 129 g/mol. The Balaban J connectivity index is 0. The predicted octanol–water partition coefficient (Wildman–Crippen LogP) is -3.70. The first-order chi connectivity index (χ1) is 3.27.